The zero-order valence-electron chi connectivity index (χ0n) is 34.1. The average molecular weight is 787 g/mol. The summed E-state index contributed by atoms with van der Waals surface area (Å²) in [5.74, 6) is 0.115. The maximum atomic E-state index is 11.8. The van der Waals surface area contributed by atoms with Gasteiger partial charge in [0.25, 0.3) is 0 Å². The summed E-state index contributed by atoms with van der Waals surface area (Å²) in [5, 5.41) is 62.6. The van der Waals surface area contributed by atoms with E-state index >= 15 is 0 Å². The van der Waals surface area contributed by atoms with Crippen molar-refractivity contribution in [2.75, 3.05) is 6.61 Å². The Kier molecular flexibility index (Phi) is 21.7. The molecule has 0 unspecified atom stereocenters. The third-order valence-electron chi connectivity index (χ3n) is 12.6. The smallest absolute Gasteiger partial charge is 0.309 e. The minimum Gasteiger partial charge on any atom is -0.462 e. The monoisotopic (exact) mass is 787 g/mol. The molecule has 0 saturated carbocycles. The van der Waals surface area contributed by atoms with Crippen LogP contribution in [0.4, 0.5) is 0 Å². The molecule has 0 radical (unpaired) electrons. The molecular weight excluding hydrogens is 708 g/mol. The summed E-state index contributed by atoms with van der Waals surface area (Å²) in [5.41, 5.74) is 0. The third-order valence-corrected chi connectivity index (χ3v) is 12.6. The Balaban J connectivity index is 1.11. The van der Waals surface area contributed by atoms with Gasteiger partial charge in [-0.05, 0) is 77.6 Å². The van der Waals surface area contributed by atoms with Crippen LogP contribution in [0.2, 0.25) is 0 Å². The molecule has 0 amide bonds. The Bertz CT molecular complexity index is 1030. The molecule has 4 saturated heterocycles. The molecule has 12 nitrogen and oxygen atoms in total. The first kappa shape index (κ1) is 46.8. The summed E-state index contributed by atoms with van der Waals surface area (Å²) in [7, 11) is 0. The molecule has 12 heteroatoms. The number of aliphatic hydroxyl groups excluding tert-OH is 6. The fourth-order valence-electron chi connectivity index (χ4n) is 9.10. The Morgan fingerprint density at radius 3 is 1.89 bits per heavy atom. The van der Waals surface area contributed by atoms with Gasteiger partial charge in [-0.1, -0.05) is 96.8 Å². The molecule has 4 heterocycles. The summed E-state index contributed by atoms with van der Waals surface area (Å²) in [6.07, 6.45) is 15.6. The largest absolute Gasteiger partial charge is 0.462 e. The highest BCUT2D eigenvalue weighted by atomic mass is 16.7. The molecule has 4 aliphatic heterocycles. The van der Waals surface area contributed by atoms with Crippen LogP contribution in [0.15, 0.2) is 0 Å². The Hall–Kier alpha value is -0.930. The molecule has 4 fully saturated rings. The predicted molar refractivity (Wildman–Crippen MR) is 208 cm³/mol. The molecule has 0 aromatic carbocycles. The van der Waals surface area contributed by atoms with E-state index in [1.807, 2.05) is 6.92 Å². The Morgan fingerprint density at radius 1 is 0.673 bits per heavy atom. The molecule has 322 valence electrons. The molecule has 0 aromatic rings. The van der Waals surface area contributed by atoms with Crippen molar-refractivity contribution in [3.63, 3.8) is 0 Å². The van der Waals surface area contributed by atoms with Gasteiger partial charge in [0.1, 0.15) is 24.4 Å². The highest BCUT2D eigenvalue weighted by Gasteiger charge is 2.47. The van der Waals surface area contributed by atoms with E-state index < -0.39 is 55.6 Å². The lowest BCUT2D eigenvalue weighted by atomic mass is 9.97. The van der Waals surface area contributed by atoms with Crippen LogP contribution in [-0.2, 0) is 28.5 Å². The average Bonchev–Trinajstić information content (AvgIpc) is 3.93. The SMILES string of the molecule is CCCCCC[C@H](O)CCC[C@H](O[C@H]1O[C@H](CO)[C@@H](O)[C@H](O)[C@H]1O)[C@H]1CC[C@H]([C@H]2CC[C@H]([C@H](O)CCCCCCCCCCCC[C@@H]3C[C@H](C)OC3=O)O2)O1. The number of aliphatic hydroxyl groups is 6. The molecule has 55 heavy (non-hydrogen) atoms. The van der Waals surface area contributed by atoms with E-state index in [1.54, 1.807) is 0 Å². The number of ether oxygens (including phenoxy) is 5. The lowest BCUT2D eigenvalue weighted by Crippen LogP contribution is -2.60. The number of carbonyl (C=O) groups is 1. The minimum atomic E-state index is -1.53. The van der Waals surface area contributed by atoms with Crippen LogP contribution in [0, 0.1) is 5.92 Å². The van der Waals surface area contributed by atoms with E-state index in [2.05, 4.69) is 6.92 Å². The molecule has 0 aromatic heterocycles. The first-order chi connectivity index (χ1) is 26.6. The van der Waals surface area contributed by atoms with Crippen molar-refractivity contribution in [2.24, 2.45) is 5.92 Å². The van der Waals surface area contributed by atoms with Crippen molar-refractivity contribution < 1.29 is 59.1 Å². The topological polar surface area (TPSA) is 185 Å². The van der Waals surface area contributed by atoms with Crippen LogP contribution in [0.25, 0.3) is 0 Å². The normalized spacial score (nSPS) is 34.3. The van der Waals surface area contributed by atoms with Gasteiger partial charge in [0, 0.05) is 0 Å². The van der Waals surface area contributed by atoms with Gasteiger partial charge in [0.15, 0.2) is 6.29 Å². The Labute approximate surface area is 331 Å². The van der Waals surface area contributed by atoms with Crippen LogP contribution >= 0.6 is 0 Å². The molecule has 4 aliphatic rings. The van der Waals surface area contributed by atoms with Crippen molar-refractivity contribution >= 4 is 5.97 Å². The summed E-state index contributed by atoms with van der Waals surface area (Å²) in [4.78, 5) is 11.8. The van der Waals surface area contributed by atoms with Gasteiger partial charge in [-0.3, -0.25) is 4.79 Å². The number of rotatable bonds is 28. The van der Waals surface area contributed by atoms with Crippen LogP contribution in [0.1, 0.15) is 174 Å². The van der Waals surface area contributed by atoms with Gasteiger partial charge >= 0.3 is 5.97 Å². The molecular formula is C43H78O12. The first-order valence-electron chi connectivity index (χ1n) is 22.4. The van der Waals surface area contributed by atoms with Crippen molar-refractivity contribution in [3.05, 3.63) is 0 Å². The predicted octanol–water partition coefficient (Wildman–Crippen LogP) is 5.76. The summed E-state index contributed by atoms with van der Waals surface area (Å²) < 4.78 is 30.2. The van der Waals surface area contributed by atoms with Crippen LogP contribution in [0.3, 0.4) is 0 Å². The number of hydrogen-bond donors (Lipinski definition) is 6. The summed E-state index contributed by atoms with van der Waals surface area (Å²) >= 11 is 0. The zero-order chi connectivity index (χ0) is 39.6. The fraction of sp³-hybridized carbons (Fsp3) is 0.977. The first-order valence-corrected chi connectivity index (χ1v) is 22.4. The summed E-state index contributed by atoms with van der Waals surface area (Å²) in [6.45, 7) is 3.61. The van der Waals surface area contributed by atoms with E-state index in [4.69, 9.17) is 23.7 Å². The zero-order valence-corrected chi connectivity index (χ0v) is 34.1. The van der Waals surface area contributed by atoms with E-state index in [0.717, 1.165) is 89.9 Å². The van der Waals surface area contributed by atoms with Crippen LogP contribution in [0.5, 0.6) is 0 Å². The van der Waals surface area contributed by atoms with Crippen molar-refractivity contribution in [2.45, 2.75) is 254 Å². The van der Waals surface area contributed by atoms with E-state index in [1.165, 1.54) is 44.9 Å². The second-order valence-corrected chi connectivity index (χ2v) is 17.2. The quantitative estimate of drug-likeness (QED) is 0.0417. The van der Waals surface area contributed by atoms with Crippen LogP contribution in [-0.4, -0.2) is 123 Å². The van der Waals surface area contributed by atoms with Crippen molar-refractivity contribution in [3.8, 4) is 0 Å². The van der Waals surface area contributed by atoms with Crippen molar-refractivity contribution in [1.82, 2.24) is 0 Å². The van der Waals surface area contributed by atoms with Gasteiger partial charge in [0.05, 0.1) is 61.4 Å². The molecule has 6 N–H and O–H groups in total. The number of hydrogen-bond acceptors (Lipinski definition) is 12. The maximum absolute atomic E-state index is 11.8. The van der Waals surface area contributed by atoms with Gasteiger partial charge in [-0.25, -0.2) is 0 Å². The Morgan fingerprint density at radius 2 is 1.25 bits per heavy atom. The minimum absolute atomic E-state index is 0.00333. The standard InChI is InChI=1S/C43H78O12/c1-3-4-5-15-19-31(45)20-17-22-34(54-43-41(49)40(48)39(47)38(28-44)55-43)35-25-26-37(53-35)36-24-23-33(52-36)32(46)21-16-13-11-9-7-6-8-10-12-14-18-30-27-29(2)51-42(30)50/h29-41,43-49H,3-28H2,1-2H3/t29-,30+,31-,32+,33+,34-,35+,36+,37+,38+,39+,40-,41+,43-/m0/s1. The molecule has 0 bridgehead atoms. The second kappa shape index (κ2) is 25.5. The molecule has 4 rings (SSSR count). The van der Waals surface area contributed by atoms with Gasteiger partial charge < -0.3 is 54.3 Å². The van der Waals surface area contributed by atoms with Crippen LogP contribution < -0.4 is 0 Å². The highest BCUT2D eigenvalue weighted by Crippen LogP contribution is 2.36. The number of carbonyl (C=O) groups excluding carboxylic acids is 1. The lowest BCUT2D eigenvalue weighted by Gasteiger charge is -2.41. The number of cyclic esters (lactones) is 1. The highest BCUT2D eigenvalue weighted by molar-refractivity contribution is 5.74. The molecule has 14 atom stereocenters. The molecule has 0 aliphatic carbocycles. The van der Waals surface area contributed by atoms with Gasteiger partial charge in [-0.15, -0.1) is 0 Å². The van der Waals surface area contributed by atoms with Crippen molar-refractivity contribution in [1.29, 1.82) is 0 Å². The van der Waals surface area contributed by atoms with Gasteiger partial charge in [0.2, 0.25) is 0 Å². The second-order valence-electron chi connectivity index (χ2n) is 17.2. The maximum Gasteiger partial charge on any atom is 0.309 e. The third kappa shape index (κ3) is 15.6. The van der Waals surface area contributed by atoms with E-state index in [9.17, 15) is 35.4 Å². The fourth-order valence-corrected chi connectivity index (χ4v) is 9.10. The van der Waals surface area contributed by atoms with E-state index in [-0.39, 0.29) is 42.4 Å². The molecule has 0 spiro atoms. The van der Waals surface area contributed by atoms with E-state index in [0.29, 0.717) is 25.7 Å². The number of esters is 1. The summed E-state index contributed by atoms with van der Waals surface area (Å²) in [6, 6.07) is 0. The lowest BCUT2D eigenvalue weighted by molar-refractivity contribution is -0.318. The number of unbranched alkanes of at least 4 members (excludes halogenated alkanes) is 12. The van der Waals surface area contributed by atoms with Gasteiger partial charge in [-0.2, -0.15) is 0 Å².